The fraction of sp³-hybridized carbons (Fsp3) is 0.524. The van der Waals surface area contributed by atoms with Gasteiger partial charge in [-0.3, -0.25) is 0 Å². The summed E-state index contributed by atoms with van der Waals surface area (Å²) in [6.07, 6.45) is 7.17. The number of nitrogens with one attached hydrogen (secondary N) is 2. The zero-order valence-electron chi connectivity index (χ0n) is 17.4. The third kappa shape index (κ3) is 6.67. The van der Waals surface area contributed by atoms with E-state index in [9.17, 15) is 4.39 Å². The summed E-state index contributed by atoms with van der Waals surface area (Å²) < 4.78 is 16.1. The molecule has 1 fully saturated rings. The number of aromatic nitrogens is 2. The van der Waals surface area contributed by atoms with Gasteiger partial charge in [0.05, 0.1) is 18.6 Å². The molecule has 29 heavy (non-hydrogen) atoms. The Labute approximate surface area is 190 Å². The number of halogens is 2. The van der Waals surface area contributed by atoms with Gasteiger partial charge in [-0.05, 0) is 51.3 Å². The highest BCUT2D eigenvalue weighted by atomic mass is 127. The average molecular weight is 514 g/mol. The standard InChI is InChI=1S/C21H31FN6.HI/c1-4-24-21(26-18-7-10-27(11-8-18)16(2)3)25-14-17-5-6-20(19(22)13-17)28-12-9-23-15-28;/h5-6,9,12-13,15-16,18H,4,7-8,10-11,14H2,1-3H3,(H2,24,25,26);1H. The van der Waals surface area contributed by atoms with Gasteiger partial charge in [-0.15, -0.1) is 24.0 Å². The van der Waals surface area contributed by atoms with Gasteiger partial charge < -0.3 is 20.1 Å². The summed E-state index contributed by atoms with van der Waals surface area (Å²) >= 11 is 0. The minimum atomic E-state index is -0.273. The molecule has 160 valence electrons. The number of piperidine rings is 1. The second-order valence-electron chi connectivity index (χ2n) is 7.50. The van der Waals surface area contributed by atoms with Gasteiger partial charge in [0.1, 0.15) is 5.82 Å². The molecule has 0 amide bonds. The minimum absolute atomic E-state index is 0. The highest BCUT2D eigenvalue weighted by Crippen LogP contribution is 2.16. The largest absolute Gasteiger partial charge is 0.357 e. The third-order valence-electron chi connectivity index (χ3n) is 5.16. The monoisotopic (exact) mass is 514 g/mol. The van der Waals surface area contributed by atoms with Gasteiger partial charge in [-0.2, -0.15) is 0 Å². The SMILES string of the molecule is CCNC(=NCc1ccc(-n2ccnc2)c(F)c1)NC1CCN(C(C)C)CC1.I. The summed E-state index contributed by atoms with van der Waals surface area (Å²) in [5.41, 5.74) is 1.33. The van der Waals surface area contributed by atoms with Crippen LogP contribution in [0, 0.1) is 5.82 Å². The van der Waals surface area contributed by atoms with Crippen LogP contribution in [0.4, 0.5) is 4.39 Å². The van der Waals surface area contributed by atoms with Gasteiger partial charge in [0.25, 0.3) is 0 Å². The maximum absolute atomic E-state index is 14.4. The van der Waals surface area contributed by atoms with Crippen molar-refractivity contribution >= 4 is 29.9 Å². The molecule has 1 aliphatic rings. The Hall–Kier alpha value is -1.68. The number of benzene rings is 1. The Kier molecular flexibility index (Phi) is 9.35. The molecule has 3 rings (SSSR count). The lowest BCUT2D eigenvalue weighted by Crippen LogP contribution is -2.49. The summed E-state index contributed by atoms with van der Waals surface area (Å²) in [7, 11) is 0. The predicted molar refractivity (Wildman–Crippen MR) is 127 cm³/mol. The predicted octanol–water partition coefficient (Wildman–Crippen LogP) is 3.56. The first-order chi connectivity index (χ1) is 13.6. The van der Waals surface area contributed by atoms with Crippen molar-refractivity contribution in [2.75, 3.05) is 19.6 Å². The van der Waals surface area contributed by atoms with Crippen molar-refractivity contribution in [3.05, 3.63) is 48.3 Å². The smallest absolute Gasteiger partial charge is 0.191 e. The molecule has 1 saturated heterocycles. The molecule has 0 atom stereocenters. The zero-order chi connectivity index (χ0) is 19.9. The maximum atomic E-state index is 14.4. The average Bonchev–Trinajstić information content (AvgIpc) is 3.21. The second-order valence-corrected chi connectivity index (χ2v) is 7.50. The van der Waals surface area contributed by atoms with E-state index < -0.39 is 0 Å². The number of imidazole rings is 1. The first-order valence-corrected chi connectivity index (χ1v) is 10.1. The highest BCUT2D eigenvalue weighted by Gasteiger charge is 2.21. The number of guanidine groups is 1. The van der Waals surface area contributed by atoms with Crippen LogP contribution in [0.3, 0.4) is 0 Å². The van der Waals surface area contributed by atoms with Gasteiger partial charge in [-0.1, -0.05) is 6.07 Å². The van der Waals surface area contributed by atoms with E-state index in [4.69, 9.17) is 0 Å². The van der Waals surface area contributed by atoms with Crippen molar-refractivity contribution in [1.29, 1.82) is 0 Å². The van der Waals surface area contributed by atoms with E-state index in [-0.39, 0.29) is 29.8 Å². The van der Waals surface area contributed by atoms with Crippen molar-refractivity contribution in [3.63, 3.8) is 0 Å². The number of hydrogen-bond donors (Lipinski definition) is 2. The summed E-state index contributed by atoms with van der Waals surface area (Å²) in [5.74, 6) is 0.523. The van der Waals surface area contributed by atoms with Crippen LogP contribution in [0.15, 0.2) is 41.9 Å². The lowest BCUT2D eigenvalue weighted by molar-refractivity contribution is 0.167. The Morgan fingerprint density at radius 2 is 2.07 bits per heavy atom. The normalized spacial score (nSPS) is 16.0. The lowest BCUT2D eigenvalue weighted by Gasteiger charge is -2.35. The van der Waals surface area contributed by atoms with E-state index >= 15 is 0 Å². The molecule has 2 N–H and O–H groups in total. The molecule has 0 unspecified atom stereocenters. The van der Waals surface area contributed by atoms with Gasteiger partial charge in [-0.25, -0.2) is 14.4 Å². The molecule has 0 spiro atoms. The van der Waals surface area contributed by atoms with Crippen molar-refractivity contribution in [2.24, 2.45) is 4.99 Å². The van der Waals surface area contributed by atoms with Gasteiger partial charge in [0, 0.05) is 44.1 Å². The molecule has 2 heterocycles. The summed E-state index contributed by atoms with van der Waals surface area (Å²) in [5, 5.41) is 6.84. The van der Waals surface area contributed by atoms with Crippen molar-refractivity contribution in [3.8, 4) is 5.69 Å². The van der Waals surface area contributed by atoms with Crippen molar-refractivity contribution in [1.82, 2.24) is 25.1 Å². The zero-order valence-corrected chi connectivity index (χ0v) is 19.8. The fourth-order valence-electron chi connectivity index (χ4n) is 3.50. The number of aliphatic imine (C=N–C) groups is 1. The van der Waals surface area contributed by atoms with Crippen LogP contribution >= 0.6 is 24.0 Å². The molecule has 0 radical (unpaired) electrons. The van der Waals surface area contributed by atoms with Gasteiger partial charge in [0.2, 0.25) is 0 Å². The molecule has 6 nitrogen and oxygen atoms in total. The number of nitrogens with zero attached hydrogens (tertiary/aromatic N) is 4. The van der Waals surface area contributed by atoms with Crippen LogP contribution < -0.4 is 10.6 Å². The molecule has 0 aliphatic carbocycles. The minimum Gasteiger partial charge on any atom is -0.357 e. The van der Waals surface area contributed by atoms with E-state index in [1.165, 1.54) is 0 Å². The van der Waals surface area contributed by atoms with Crippen LogP contribution in [0.25, 0.3) is 5.69 Å². The molecule has 8 heteroatoms. The molecule has 1 aromatic heterocycles. The van der Waals surface area contributed by atoms with Crippen molar-refractivity contribution in [2.45, 2.75) is 52.2 Å². The number of rotatable bonds is 6. The number of likely N-dealkylation sites (tertiary alicyclic amines) is 1. The first-order valence-electron chi connectivity index (χ1n) is 10.1. The topological polar surface area (TPSA) is 57.5 Å². The molecule has 1 aliphatic heterocycles. The Morgan fingerprint density at radius 3 is 2.66 bits per heavy atom. The van der Waals surface area contributed by atoms with Crippen LogP contribution in [0.5, 0.6) is 0 Å². The molecular weight excluding hydrogens is 482 g/mol. The summed E-state index contributed by atoms with van der Waals surface area (Å²) in [6, 6.07) is 6.25. The van der Waals surface area contributed by atoms with Crippen LogP contribution in [0.1, 0.15) is 39.2 Å². The van der Waals surface area contributed by atoms with E-state index in [0.717, 1.165) is 44.0 Å². The van der Waals surface area contributed by atoms with E-state index in [0.29, 0.717) is 24.3 Å². The first kappa shape index (κ1) is 23.6. The molecule has 2 aromatic rings. The Morgan fingerprint density at radius 1 is 1.31 bits per heavy atom. The molecule has 0 bridgehead atoms. The van der Waals surface area contributed by atoms with Crippen molar-refractivity contribution < 1.29 is 4.39 Å². The molecule has 1 aromatic carbocycles. The molecular formula is C21H32FIN6. The maximum Gasteiger partial charge on any atom is 0.191 e. The van der Waals surface area contributed by atoms with Crippen LogP contribution in [-0.2, 0) is 6.54 Å². The highest BCUT2D eigenvalue weighted by molar-refractivity contribution is 14.0. The van der Waals surface area contributed by atoms with Gasteiger partial charge in [0.15, 0.2) is 5.96 Å². The number of hydrogen-bond acceptors (Lipinski definition) is 3. The quantitative estimate of drug-likeness (QED) is 0.352. The summed E-state index contributed by atoms with van der Waals surface area (Å²) in [4.78, 5) is 11.1. The Balaban J connectivity index is 0.00000300. The van der Waals surface area contributed by atoms with Gasteiger partial charge >= 0.3 is 0 Å². The summed E-state index contributed by atoms with van der Waals surface area (Å²) in [6.45, 7) is 9.99. The fourth-order valence-corrected chi connectivity index (χ4v) is 3.50. The van der Waals surface area contributed by atoms with Crippen LogP contribution in [0.2, 0.25) is 0 Å². The van der Waals surface area contributed by atoms with Crippen LogP contribution in [-0.4, -0.2) is 52.1 Å². The van der Waals surface area contributed by atoms with E-state index in [1.54, 1.807) is 35.4 Å². The molecule has 0 saturated carbocycles. The Bertz CT molecular complexity index is 769. The van der Waals surface area contributed by atoms with E-state index in [2.05, 4.69) is 46.3 Å². The lowest BCUT2D eigenvalue weighted by atomic mass is 10.0. The second kappa shape index (κ2) is 11.5. The van der Waals surface area contributed by atoms with E-state index in [1.807, 2.05) is 6.07 Å². The third-order valence-corrected chi connectivity index (χ3v) is 5.16.